The molecule has 37 heavy (non-hydrogen) atoms. The van der Waals surface area contributed by atoms with Crippen molar-refractivity contribution in [1.29, 1.82) is 0 Å². The molecule has 2 aliphatic heterocycles. The van der Waals surface area contributed by atoms with Gasteiger partial charge in [-0.2, -0.15) is 0 Å². The van der Waals surface area contributed by atoms with Crippen molar-refractivity contribution in [3.63, 3.8) is 0 Å². The van der Waals surface area contributed by atoms with Crippen LogP contribution in [0.3, 0.4) is 0 Å². The second kappa shape index (κ2) is 10.6. The zero-order valence-electron chi connectivity index (χ0n) is 21.3. The Labute approximate surface area is 218 Å². The van der Waals surface area contributed by atoms with E-state index in [9.17, 15) is 19.7 Å². The molecular formula is C29H33BN2O5. The molecule has 0 bridgehead atoms. The minimum atomic E-state index is -0.984. The fourth-order valence-corrected chi connectivity index (χ4v) is 6.39. The van der Waals surface area contributed by atoms with Crippen LogP contribution >= 0.6 is 0 Å². The molecule has 1 aliphatic carbocycles. The summed E-state index contributed by atoms with van der Waals surface area (Å²) in [6, 6.07) is 12.9. The standard InChI is InChI=1S/C29H33BN2O5/c1-3-7-20-16-22-27(29(35)32(2)28(22)34)23-17-30(36)37-25(26(20)23)12-11-19(24-10-4-5-13-31-24)14-18-8-6-9-21(33)15-18/h4-6,8-10,13-15,22-23,25,27,33,36H,3,7,11-12,16-17H2,1-2H3/b19-14-/t22-,23+,25-,27-/m1/s1. The van der Waals surface area contributed by atoms with Crippen molar-refractivity contribution >= 4 is 30.6 Å². The Bertz CT molecular complexity index is 1240. The van der Waals surface area contributed by atoms with Crippen LogP contribution in [0.4, 0.5) is 0 Å². The summed E-state index contributed by atoms with van der Waals surface area (Å²) >= 11 is 0. The van der Waals surface area contributed by atoms with Gasteiger partial charge in [-0.3, -0.25) is 19.5 Å². The maximum absolute atomic E-state index is 13.1. The molecule has 5 rings (SSSR count). The number of hydrogen-bond acceptors (Lipinski definition) is 6. The predicted molar refractivity (Wildman–Crippen MR) is 142 cm³/mol. The van der Waals surface area contributed by atoms with Gasteiger partial charge in [-0.25, -0.2) is 0 Å². The molecule has 7 nitrogen and oxygen atoms in total. The van der Waals surface area contributed by atoms with E-state index in [1.165, 1.54) is 10.5 Å². The first-order valence-electron chi connectivity index (χ1n) is 13.1. The van der Waals surface area contributed by atoms with E-state index in [0.717, 1.165) is 35.2 Å². The number of phenols is 1. The minimum absolute atomic E-state index is 0.105. The molecule has 2 N–H and O–H groups in total. The van der Waals surface area contributed by atoms with Crippen LogP contribution in [0.1, 0.15) is 50.3 Å². The lowest BCUT2D eigenvalue weighted by Gasteiger charge is -2.43. The number of fused-ring (bicyclic) bond motifs is 3. The van der Waals surface area contributed by atoms with Crippen molar-refractivity contribution in [2.75, 3.05) is 7.05 Å². The average molecular weight is 500 g/mol. The number of benzene rings is 1. The molecule has 2 amide bonds. The van der Waals surface area contributed by atoms with Gasteiger partial charge in [0.2, 0.25) is 11.8 Å². The molecule has 3 heterocycles. The molecule has 3 aliphatic rings. The van der Waals surface area contributed by atoms with Crippen molar-refractivity contribution in [3.05, 3.63) is 71.1 Å². The number of hydrogen-bond donors (Lipinski definition) is 2. The first-order chi connectivity index (χ1) is 17.9. The molecule has 8 heteroatoms. The van der Waals surface area contributed by atoms with Crippen LogP contribution in [0.2, 0.25) is 6.32 Å². The predicted octanol–water partition coefficient (Wildman–Crippen LogP) is 4.33. The van der Waals surface area contributed by atoms with E-state index >= 15 is 0 Å². The van der Waals surface area contributed by atoms with Crippen molar-refractivity contribution < 1.29 is 24.4 Å². The number of carbonyl (C=O) groups excluding carboxylic acids is 2. The molecule has 2 saturated heterocycles. The fourth-order valence-electron chi connectivity index (χ4n) is 6.39. The first kappa shape index (κ1) is 25.4. The number of amides is 2. The third-order valence-corrected chi connectivity index (χ3v) is 7.96. The van der Waals surface area contributed by atoms with Crippen LogP contribution in [0.15, 0.2) is 59.8 Å². The average Bonchev–Trinajstić information content (AvgIpc) is 3.10. The van der Waals surface area contributed by atoms with Gasteiger partial charge in [0.15, 0.2) is 0 Å². The molecule has 1 aromatic heterocycles. The molecule has 0 radical (unpaired) electrons. The molecule has 2 fully saturated rings. The number of imide groups is 1. The van der Waals surface area contributed by atoms with Crippen molar-refractivity contribution in [2.45, 2.75) is 51.5 Å². The van der Waals surface area contributed by atoms with Gasteiger partial charge in [-0.05, 0) is 85.0 Å². The summed E-state index contributed by atoms with van der Waals surface area (Å²) in [5.41, 5.74) is 5.02. The number of nitrogens with zero attached hydrogens (tertiary/aromatic N) is 2. The highest BCUT2D eigenvalue weighted by Crippen LogP contribution is 2.51. The lowest BCUT2D eigenvalue weighted by Crippen LogP contribution is -2.46. The molecule has 2 aromatic rings. The van der Waals surface area contributed by atoms with Crippen LogP contribution in [-0.4, -0.2) is 52.1 Å². The van der Waals surface area contributed by atoms with Crippen LogP contribution in [-0.2, 0) is 14.2 Å². The molecule has 192 valence electrons. The zero-order chi connectivity index (χ0) is 26.1. The number of allylic oxidation sites excluding steroid dienone is 2. The summed E-state index contributed by atoms with van der Waals surface area (Å²) in [4.78, 5) is 31.8. The summed E-state index contributed by atoms with van der Waals surface area (Å²) in [5.74, 6) is -1.00. The number of likely N-dealkylation sites (tertiary alicyclic amines) is 1. The second-order valence-electron chi connectivity index (χ2n) is 10.3. The number of aromatic hydroxyl groups is 1. The fraction of sp³-hybridized carbons (Fsp3) is 0.414. The number of phenolic OH excluding ortho intramolecular Hbond substituents is 1. The lowest BCUT2D eigenvalue weighted by molar-refractivity contribution is -0.138. The van der Waals surface area contributed by atoms with Crippen LogP contribution in [0.25, 0.3) is 11.6 Å². The SMILES string of the molecule is CCCC1=C2[C@@H](CC/C(=C/c3cccc(O)c3)c3ccccn3)OB(O)C[C@@H]2[C@@H]2C(=O)N(C)C(=O)[C@@H]2C1. The van der Waals surface area contributed by atoms with E-state index in [2.05, 4.69) is 11.9 Å². The van der Waals surface area contributed by atoms with Gasteiger partial charge in [0, 0.05) is 13.2 Å². The number of aromatic nitrogens is 1. The highest BCUT2D eigenvalue weighted by molar-refractivity contribution is 6.43. The highest BCUT2D eigenvalue weighted by Gasteiger charge is 2.56. The molecule has 0 saturated carbocycles. The van der Waals surface area contributed by atoms with Gasteiger partial charge >= 0.3 is 7.12 Å². The van der Waals surface area contributed by atoms with Crippen molar-refractivity contribution in [1.82, 2.24) is 9.88 Å². The summed E-state index contributed by atoms with van der Waals surface area (Å²) < 4.78 is 6.13. The van der Waals surface area contributed by atoms with Gasteiger partial charge in [0.1, 0.15) is 5.75 Å². The Hall–Kier alpha value is -3.23. The van der Waals surface area contributed by atoms with Crippen LogP contribution < -0.4 is 0 Å². The maximum Gasteiger partial charge on any atom is 0.455 e. The molecule has 0 unspecified atom stereocenters. The van der Waals surface area contributed by atoms with E-state index < -0.39 is 13.0 Å². The summed E-state index contributed by atoms with van der Waals surface area (Å²) in [6.07, 6.45) is 7.36. The van der Waals surface area contributed by atoms with E-state index in [0.29, 0.717) is 25.6 Å². The van der Waals surface area contributed by atoms with Crippen molar-refractivity contribution in [2.24, 2.45) is 17.8 Å². The Morgan fingerprint density at radius 3 is 2.76 bits per heavy atom. The Morgan fingerprint density at radius 1 is 1.19 bits per heavy atom. The third-order valence-electron chi connectivity index (χ3n) is 7.96. The molecular weight excluding hydrogens is 467 g/mol. The second-order valence-corrected chi connectivity index (χ2v) is 10.3. The van der Waals surface area contributed by atoms with Gasteiger partial charge in [-0.15, -0.1) is 0 Å². The van der Waals surface area contributed by atoms with Gasteiger partial charge in [0.05, 0.1) is 23.6 Å². The van der Waals surface area contributed by atoms with Gasteiger partial charge in [-0.1, -0.05) is 37.1 Å². The number of carbonyl (C=O) groups is 2. The maximum atomic E-state index is 13.1. The molecule has 0 spiro atoms. The minimum Gasteiger partial charge on any atom is -0.508 e. The Kier molecular flexibility index (Phi) is 7.31. The Morgan fingerprint density at radius 2 is 2.03 bits per heavy atom. The third kappa shape index (κ3) is 5.00. The largest absolute Gasteiger partial charge is 0.508 e. The molecule has 1 aromatic carbocycles. The normalized spacial score (nSPS) is 26.0. The quantitative estimate of drug-likeness (QED) is 0.334. The van der Waals surface area contributed by atoms with Crippen molar-refractivity contribution in [3.8, 4) is 5.75 Å². The summed E-state index contributed by atoms with van der Waals surface area (Å²) in [5, 5.41) is 20.7. The topological polar surface area (TPSA) is 100.0 Å². The lowest BCUT2D eigenvalue weighted by atomic mass is 9.58. The first-order valence-corrected chi connectivity index (χ1v) is 13.1. The van der Waals surface area contributed by atoms with E-state index in [1.54, 1.807) is 31.4 Å². The smallest absolute Gasteiger partial charge is 0.455 e. The molecule has 4 atom stereocenters. The summed E-state index contributed by atoms with van der Waals surface area (Å²) in [6.45, 7) is 2.12. The highest BCUT2D eigenvalue weighted by atomic mass is 16.5. The number of rotatable bonds is 7. The van der Waals surface area contributed by atoms with E-state index in [1.807, 2.05) is 30.3 Å². The zero-order valence-corrected chi connectivity index (χ0v) is 21.3. The van der Waals surface area contributed by atoms with Gasteiger partial charge in [0.25, 0.3) is 0 Å². The summed E-state index contributed by atoms with van der Waals surface area (Å²) in [7, 11) is 0.586. The van der Waals surface area contributed by atoms with Crippen LogP contribution in [0, 0.1) is 17.8 Å². The number of pyridine rings is 1. The monoisotopic (exact) mass is 500 g/mol. The van der Waals surface area contributed by atoms with E-state index in [4.69, 9.17) is 4.65 Å². The van der Waals surface area contributed by atoms with Gasteiger partial charge < -0.3 is 14.8 Å². The Balaban J connectivity index is 1.48. The van der Waals surface area contributed by atoms with Crippen LogP contribution in [0.5, 0.6) is 5.75 Å². The van der Waals surface area contributed by atoms with E-state index in [-0.39, 0.29) is 35.5 Å².